The molecule has 1 unspecified atom stereocenters. The van der Waals surface area contributed by atoms with Gasteiger partial charge in [0.05, 0.1) is 23.3 Å². The number of aromatic nitrogens is 3. The Morgan fingerprint density at radius 3 is 2.81 bits per heavy atom. The van der Waals surface area contributed by atoms with Crippen LogP contribution in [0.25, 0.3) is 11.4 Å². The summed E-state index contributed by atoms with van der Waals surface area (Å²) in [6.45, 7) is 6.74. The van der Waals surface area contributed by atoms with Crippen LogP contribution in [0, 0.1) is 12.8 Å². The second-order valence-corrected chi connectivity index (χ2v) is 11.7. The number of ether oxygens (including phenoxy) is 1. The number of thiophene rings is 2. The fourth-order valence-corrected chi connectivity index (χ4v) is 7.43. The van der Waals surface area contributed by atoms with E-state index in [-0.39, 0.29) is 27.1 Å². The molecule has 1 atom stereocenters. The van der Waals surface area contributed by atoms with Crippen molar-refractivity contribution >= 4 is 57.2 Å². The van der Waals surface area contributed by atoms with Crippen molar-refractivity contribution in [1.82, 2.24) is 14.8 Å². The molecule has 1 aliphatic rings. The lowest BCUT2D eigenvalue weighted by Gasteiger charge is -2.19. The molecule has 192 valence electrons. The third kappa shape index (κ3) is 5.21. The van der Waals surface area contributed by atoms with Crippen LogP contribution in [0.2, 0.25) is 0 Å². The average molecular weight is 548 g/mol. The van der Waals surface area contributed by atoms with E-state index in [9.17, 15) is 14.4 Å². The van der Waals surface area contributed by atoms with Crippen LogP contribution < -0.4 is 11.1 Å². The molecule has 1 aliphatic carbocycles. The van der Waals surface area contributed by atoms with Gasteiger partial charge in [-0.2, -0.15) is 0 Å². The molecule has 0 saturated carbocycles. The van der Waals surface area contributed by atoms with Gasteiger partial charge in [-0.05, 0) is 49.7 Å². The van der Waals surface area contributed by atoms with Crippen molar-refractivity contribution in [3.05, 3.63) is 31.8 Å². The lowest BCUT2D eigenvalue weighted by molar-refractivity contribution is -0.113. The van der Waals surface area contributed by atoms with E-state index in [1.54, 1.807) is 18.3 Å². The topological polar surface area (TPSA) is 129 Å². The molecule has 0 bridgehead atoms. The summed E-state index contributed by atoms with van der Waals surface area (Å²) in [6.07, 6.45) is 4.24. The second kappa shape index (κ2) is 11.1. The zero-order valence-corrected chi connectivity index (χ0v) is 23.1. The van der Waals surface area contributed by atoms with Crippen LogP contribution >= 0.6 is 34.4 Å². The Kier molecular flexibility index (Phi) is 8.16. The van der Waals surface area contributed by atoms with Crippen LogP contribution in [0.15, 0.2) is 10.5 Å². The number of rotatable bonds is 9. The highest BCUT2D eigenvalue weighted by Gasteiger charge is 2.27. The van der Waals surface area contributed by atoms with Crippen molar-refractivity contribution < 1.29 is 19.1 Å². The minimum atomic E-state index is -0.664. The molecule has 36 heavy (non-hydrogen) atoms. The molecule has 9 nitrogen and oxygen atoms in total. The summed E-state index contributed by atoms with van der Waals surface area (Å²) in [5.74, 6) is -0.0302. The van der Waals surface area contributed by atoms with E-state index in [4.69, 9.17) is 10.5 Å². The lowest BCUT2D eigenvalue weighted by atomic mass is 9.88. The average Bonchev–Trinajstić information content (AvgIpc) is 3.52. The zero-order valence-electron chi connectivity index (χ0n) is 20.7. The monoisotopic (exact) mass is 547 g/mol. The van der Waals surface area contributed by atoms with E-state index in [0.29, 0.717) is 16.6 Å². The van der Waals surface area contributed by atoms with Gasteiger partial charge in [-0.25, -0.2) is 4.79 Å². The van der Waals surface area contributed by atoms with Gasteiger partial charge in [-0.15, -0.1) is 32.9 Å². The Labute approximate surface area is 221 Å². The molecule has 0 fully saturated rings. The molecule has 0 aliphatic heterocycles. The van der Waals surface area contributed by atoms with E-state index in [1.165, 1.54) is 35.7 Å². The normalized spacial score (nSPS) is 14.9. The Hall–Kier alpha value is -2.70. The molecule has 0 saturated heterocycles. The van der Waals surface area contributed by atoms with Crippen LogP contribution in [0.1, 0.15) is 62.7 Å². The van der Waals surface area contributed by atoms with Gasteiger partial charge >= 0.3 is 5.97 Å². The largest absolute Gasteiger partial charge is 0.465 e. The summed E-state index contributed by atoms with van der Waals surface area (Å²) < 4.78 is 6.91. The first-order chi connectivity index (χ1) is 17.2. The highest BCUT2D eigenvalue weighted by Crippen LogP contribution is 2.38. The number of nitrogens with zero attached hydrogens (tertiary/aromatic N) is 3. The molecule has 3 heterocycles. The van der Waals surface area contributed by atoms with Crippen LogP contribution in [-0.2, 0) is 28.9 Å². The summed E-state index contributed by atoms with van der Waals surface area (Å²) in [7, 11) is 1.24. The van der Waals surface area contributed by atoms with E-state index in [0.717, 1.165) is 48.5 Å². The number of hydrogen-bond acceptors (Lipinski definition) is 9. The zero-order chi connectivity index (χ0) is 26.0. The highest BCUT2D eigenvalue weighted by atomic mass is 32.2. The van der Waals surface area contributed by atoms with Crippen molar-refractivity contribution in [2.45, 2.75) is 58.2 Å². The van der Waals surface area contributed by atoms with Gasteiger partial charge in [0, 0.05) is 22.4 Å². The Morgan fingerprint density at radius 1 is 1.33 bits per heavy atom. The van der Waals surface area contributed by atoms with Crippen molar-refractivity contribution in [3.63, 3.8) is 0 Å². The van der Waals surface area contributed by atoms with Crippen LogP contribution in [0.3, 0.4) is 0 Å². The smallest absolute Gasteiger partial charge is 0.341 e. The quantitative estimate of drug-likeness (QED) is 0.297. The van der Waals surface area contributed by atoms with Gasteiger partial charge < -0.3 is 20.4 Å². The Morgan fingerprint density at radius 2 is 2.11 bits per heavy atom. The summed E-state index contributed by atoms with van der Waals surface area (Å²) in [5, 5.41) is 14.7. The number of primary amides is 1. The molecular weight excluding hydrogens is 518 g/mol. The third-order valence-electron chi connectivity index (χ3n) is 6.15. The minimum Gasteiger partial charge on any atom is -0.465 e. The molecule has 3 aromatic rings. The number of thioether (sulfide) groups is 1. The summed E-state index contributed by atoms with van der Waals surface area (Å²) in [5.41, 5.74) is 8.49. The Balaban J connectivity index is 1.52. The first kappa shape index (κ1) is 26.4. The van der Waals surface area contributed by atoms with Crippen LogP contribution in [0.4, 0.5) is 5.00 Å². The van der Waals surface area contributed by atoms with Crippen molar-refractivity contribution in [2.24, 2.45) is 11.7 Å². The summed E-state index contributed by atoms with van der Waals surface area (Å²) in [4.78, 5) is 38.5. The van der Waals surface area contributed by atoms with Gasteiger partial charge in [0.15, 0.2) is 11.0 Å². The van der Waals surface area contributed by atoms with Gasteiger partial charge in [0.25, 0.3) is 5.91 Å². The molecule has 3 aromatic heterocycles. The maximum absolute atomic E-state index is 12.8. The first-order valence-corrected chi connectivity index (χ1v) is 14.4. The fraction of sp³-hybridized carbons (Fsp3) is 0.458. The van der Waals surface area contributed by atoms with E-state index in [2.05, 4.69) is 39.3 Å². The molecule has 2 amide bonds. The standard InChI is InChI=1S/C24H29N5O4S3/c1-5-8-29-21(15-10-34-16-9-12(2)6-7-14(15)16)27-28-24(29)35-11-17(30)26-22-18(23(32)33-4)13(3)19(36-22)20(25)31/h10,12H,5-9,11H2,1-4H3,(H2,25,31)(H,26,30). The molecular formula is C24H29N5O4S3. The molecule has 0 aromatic carbocycles. The Bertz CT molecular complexity index is 1310. The number of fused-ring (bicyclic) bond motifs is 1. The van der Waals surface area contributed by atoms with Crippen molar-refractivity contribution in [2.75, 3.05) is 18.2 Å². The molecule has 4 rings (SSSR count). The van der Waals surface area contributed by atoms with E-state index < -0.39 is 11.9 Å². The van der Waals surface area contributed by atoms with Gasteiger partial charge in [0.2, 0.25) is 5.91 Å². The number of hydrogen-bond donors (Lipinski definition) is 2. The molecule has 0 radical (unpaired) electrons. The highest BCUT2D eigenvalue weighted by molar-refractivity contribution is 7.99. The van der Waals surface area contributed by atoms with Gasteiger partial charge in [-0.3, -0.25) is 9.59 Å². The number of nitrogens with two attached hydrogens (primary N) is 1. The minimum absolute atomic E-state index is 0.0601. The lowest BCUT2D eigenvalue weighted by Crippen LogP contribution is -2.16. The molecule has 0 spiro atoms. The number of esters is 1. The van der Waals surface area contributed by atoms with Crippen molar-refractivity contribution in [3.8, 4) is 11.4 Å². The predicted octanol–water partition coefficient (Wildman–Crippen LogP) is 4.53. The SMILES string of the molecule is CCCn1c(SCC(=O)Nc2sc(C(N)=O)c(C)c2C(=O)OC)nnc1-c1csc2c1CCC(C)C2. The first-order valence-electron chi connectivity index (χ1n) is 11.7. The van der Waals surface area contributed by atoms with E-state index >= 15 is 0 Å². The van der Waals surface area contributed by atoms with Crippen LogP contribution in [0.5, 0.6) is 0 Å². The molecule has 12 heteroatoms. The second-order valence-electron chi connectivity index (χ2n) is 8.81. The van der Waals surface area contributed by atoms with Crippen molar-refractivity contribution in [1.29, 1.82) is 0 Å². The maximum Gasteiger partial charge on any atom is 0.341 e. The van der Waals surface area contributed by atoms with Gasteiger partial charge in [0.1, 0.15) is 5.00 Å². The maximum atomic E-state index is 12.8. The number of amides is 2. The number of anilines is 1. The van der Waals surface area contributed by atoms with E-state index in [1.807, 2.05) is 0 Å². The third-order valence-corrected chi connectivity index (χ3v) is 9.39. The van der Waals surface area contributed by atoms with Crippen LogP contribution in [-0.4, -0.2) is 45.4 Å². The number of carbonyl (C=O) groups excluding carboxylic acids is 3. The fourth-order valence-electron chi connectivity index (χ4n) is 4.36. The number of methoxy groups -OCH3 is 1. The number of carbonyl (C=O) groups is 3. The predicted molar refractivity (Wildman–Crippen MR) is 143 cm³/mol. The summed E-state index contributed by atoms with van der Waals surface area (Å²) >= 11 is 4.05. The molecule has 3 N–H and O–H groups in total. The van der Waals surface area contributed by atoms with Gasteiger partial charge in [-0.1, -0.05) is 25.6 Å². The summed E-state index contributed by atoms with van der Waals surface area (Å²) in [6, 6.07) is 0. The number of nitrogens with one attached hydrogen (secondary N) is 1.